The van der Waals surface area contributed by atoms with Crippen molar-refractivity contribution in [1.29, 1.82) is 0 Å². The molecule has 1 N–H and O–H groups in total. The molecule has 0 atom stereocenters. The van der Waals surface area contributed by atoms with E-state index in [2.05, 4.69) is 0 Å². The van der Waals surface area contributed by atoms with E-state index in [1.54, 1.807) is 18.2 Å². The first-order valence-corrected chi connectivity index (χ1v) is 5.80. The number of carbonyl (C=O) groups is 1. The monoisotopic (exact) mass is 293 g/mol. The maximum absolute atomic E-state index is 11.0. The van der Waals surface area contributed by atoms with Crippen LogP contribution in [0.25, 0.3) is 17.4 Å². The van der Waals surface area contributed by atoms with Crippen LogP contribution in [0.15, 0.2) is 40.9 Å². The molecule has 0 fully saturated rings. The fourth-order valence-electron chi connectivity index (χ4n) is 1.57. The van der Waals surface area contributed by atoms with Gasteiger partial charge in [-0.2, -0.15) is 0 Å². The second kappa shape index (κ2) is 5.58. The van der Waals surface area contributed by atoms with E-state index in [1.807, 2.05) is 0 Å². The summed E-state index contributed by atoms with van der Waals surface area (Å²) in [5.74, 6) is -0.451. The number of hydrogen-bond donors (Lipinski definition) is 1. The molecule has 0 spiro atoms. The topological polar surface area (TPSA) is 93.6 Å². The largest absolute Gasteiger partial charge is 0.478 e. The van der Waals surface area contributed by atoms with Gasteiger partial charge in [0.05, 0.1) is 21.6 Å². The third-order valence-electron chi connectivity index (χ3n) is 2.47. The van der Waals surface area contributed by atoms with Crippen molar-refractivity contribution in [3.05, 3.63) is 63.0 Å². The molecule has 0 unspecified atom stereocenters. The Morgan fingerprint density at radius 2 is 2.10 bits per heavy atom. The van der Waals surface area contributed by atoms with Crippen LogP contribution in [0.4, 0.5) is 0 Å². The molecule has 0 aliphatic carbocycles. The Hall–Kier alpha value is -2.60. The molecular formula is C13H8ClNO5. The number of hydrogen-bond acceptors (Lipinski definition) is 4. The first kappa shape index (κ1) is 13.8. The summed E-state index contributed by atoms with van der Waals surface area (Å²) in [6.07, 6.45) is 1.96. The summed E-state index contributed by atoms with van der Waals surface area (Å²) in [6.45, 7) is 0. The third-order valence-corrected chi connectivity index (χ3v) is 2.80. The number of carboxylic acids is 1. The number of benzene rings is 1. The van der Waals surface area contributed by atoms with Crippen LogP contribution in [0.3, 0.4) is 0 Å². The smallest absolute Gasteiger partial charge is 0.337 e. The molecular weight excluding hydrogens is 286 g/mol. The normalized spacial score (nSPS) is 10.8. The lowest BCUT2D eigenvalue weighted by molar-refractivity contribution is -0.401. The Balaban J connectivity index is 2.35. The molecule has 0 aliphatic heterocycles. The Kier molecular flexibility index (Phi) is 3.86. The predicted molar refractivity (Wildman–Crippen MR) is 72.1 cm³/mol. The van der Waals surface area contributed by atoms with Crippen LogP contribution < -0.4 is 0 Å². The number of aromatic carboxylic acids is 1. The first-order valence-electron chi connectivity index (χ1n) is 5.42. The second-order valence-electron chi connectivity index (χ2n) is 3.80. The second-order valence-corrected chi connectivity index (χ2v) is 4.21. The molecule has 20 heavy (non-hydrogen) atoms. The number of carboxylic acid groups (broad SMARTS) is 1. The van der Waals surface area contributed by atoms with Gasteiger partial charge in [-0.05, 0) is 30.3 Å². The molecule has 0 aliphatic rings. The molecule has 2 aromatic rings. The quantitative estimate of drug-likeness (QED) is 0.687. The third kappa shape index (κ3) is 3.04. The summed E-state index contributed by atoms with van der Waals surface area (Å²) in [4.78, 5) is 20.6. The molecule has 0 bridgehead atoms. The Morgan fingerprint density at radius 1 is 1.35 bits per heavy atom. The molecule has 0 amide bonds. The van der Waals surface area contributed by atoms with Crippen molar-refractivity contribution < 1.29 is 19.2 Å². The van der Waals surface area contributed by atoms with Crippen LogP contribution in [0.5, 0.6) is 0 Å². The van der Waals surface area contributed by atoms with Crippen molar-refractivity contribution in [3.63, 3.8) is 0 Å². The standard InChI is InChI=1S/C13H8ClNO5/c14-11-3-1-8(7-10(11)13(16)17)12-4-2-9(20-12)5-6-15(18)19/h1-7H,(H,16,17). The van der Waals surface area contributed by atoms with Gasteiger partial charge in [-0.1, -0.05) is 11.6 Å². The van der Waals surface area contributed by atoms with Crippen molar-refractivity contribution in [3.8, 4) is 11.3 Å². The van der Waals surface area contributed by atoms with Gasteiger partial charge in [-0.15, -0.1) is 0 Å². The maximum Gasteiger partial charge on any atom is 0.337 e. The van der Waals surface area contributed by atoms with E-state index in [0.29, 0.717) is 17.1 Å². The van der Waals surface area contributed by atoms with Crippen LogP contribution >= 0.6 is 11.6 Å². The van der Waals surface area contributed by atoms with Gasteiger partial charge < -0.3 is 9.52 Å². The highest BCUT2D eigenvalue weighted by Gasteiger charge is 2.12. The van der Waals surface area contributed by atoms with Gasteiger partial charge in [0, 0.05) is 5.56 Å². The molecule has 6 nitrogen and oxygen atoms in total. The molecule has 2 rings (SSSR count). The maximum atomic E-state index is 11.0. The minimum atomic E-state index is -1.14. The average Bonchev–Trinajstić information content (AvgIpc) is 2.85. The fraction of sp³-hybridized carbons (Fsp3) is 0. The van der Waals surface area contributed by atoms with Crippen LogP contribution in [0.1, 0.15) is 16.1 Å². The highest BCUT2D eigenvalue weighted by molar-refractivity contribution is 6.33. The van der Waals surface area contributed by atoms with Gasteiger partial charge in [0.1, 0.15) is 11.5 Å². The van der Waals surface area contributed by atoms with E-state index in [9.17, 15) is 14.9 Å². The minimum Gasteiger partial charge on any atom is -0.478 e. The number of halogens is 1. The Bertz CT molecular complexity index is 705. The van der Waals surface area contributed by atoms with Gasteiger partial charge >= 0.3 is 5.97 Å². The van der Waals surface area contributed by atoms with Crippen molar-refractivity contribution in [2.45, 2.75) is 0 Å². The number of nitro groups is 1. The van der Waals surface area contributed by atoms with E-state index in [4.69, 9.17) is 21.1 Å². The Morgan fingerprint density at radius 3 is 2.75 bits per heavy atom. The van der Waals surface area contributed by atoms with E-state index >= 15 is 0 Å². The molecule has 0 radical (unpaired) electrons. The summed E-state index contributed by atoms with van der Waals surface area (Å²) in [6, 6.07) is 7.58. The van der Waals surface area contributed by atoms with Gasteiger partial charge in [0.25, 0.3) is 0 Å². The molecule has 7 heteroatoms. The average molecular weight is 294 g/mol. The van der Waals surface area contributed by atoms with Crippen LogP contribution in [-0.2, 0) is 0 Å². The molecule has 0 saturated heterocycles. The SMILES string of the molecule is O=C(O)c1cc(-c2ccc(C=C[N+](=O)[O-])o2)ccc1Cl. The predicted octanol–water partition coefficient (Wildman–Crippen LogP) is 3.55. The lowest BCUT2D eigenvalue weighted by Crippen LogP contribution is -1.97. The summed E-state index contributed by atoms with van der Waals surface area (Å²) < 4.78 is 5.37. The lowest BCUT2D eigenvalue weighted by Gasteiger charge is -2.01. The molecule has 102 valence electrons. The highest BCUT2D eigenvalue weighted by Crippen LogP contribution is 2.27. The van der Waals surface area contributed by atoms with Crippen molar-refractivity contribution >= 4 is 23.6 Å². The zero-order chi connectivity index (χ0) is 14.7. The van der Waals surface area contributed by atoms with E-state index in [-0.39, 0.29) is 10.6 Å². The first-order chi connectivity index (χ1) is 9.47. The van der Waals surface area contributed by atoms with Crippen molar-refractivity contribution in [2.24, 2.45) is 0 Å². The van der Waals surface area contributed by atoms with E-state index < -0.39 is 10.9 Å². The van der Waals surface area contributed by atoms with Gasteiger partial charge in [-0.25, -0.2) is 4.79 Å². The summed E-state index contributed by atoms with van der Waals surface area (Å²) in [5, 5.41) is 19.3. The fourth-order valence-corrected chi connectivity index (χ4v) is 1.77. The number of nitrogens with zero attached hydrogens (tertiary/aromatic N) is 1. The number of furan rings is 1. The highest BCUT2D eigenvalue weighted by atomic mass is 35.5. The summed E-state index contributed by atoms with van der Waals surface area (Å²) in [5.41, 5.74) is 0.482. The lowest BCUT2D eigenvalue weighted by atomic mass is 10.1. The van der Waals surface area contributed by atoms with Crippen LogP contribution in [-0.4, -0.2) is 16.0 Å². The van der Waals surface area contributed by atoms with Gasteiger partial charge in [0.2, 0.25) is 6.20 Å². The van der Waals surface area contributed by atoms with Gasteiger partial charge in [0.15, 0.2) is 0 Å². The molecule has 1 heterocycles. The van der Waals surface area contributed by atoms with Gasteiger partial charge in [-0.3, -0.25) is 10.1 Å². The van der Waals surface area contributed by atoms with Crippen molar-refractivity contribution in [1.82, 2.24) is 0 Å². The van der Waals surface area contributed by atoms with Crippen molar-refractivity contribution in [2.75, 3.05) is 0 Å². The molecule has 1 aromatic heterocycles. The van der Waals surface area contributed by atoms with Crippen LogP contribution in [0, 0.1) is 10.1 Å². The molecule has 1 aromatic carbocycles. The van der Waals surface area contributed by atoms with E-state index in [1.165, 1.54) is 18.2 Å². The summed E-state index contributed by atoms with van der Waals surface area (Å²) >= 11 is 5.77. The van der Waals surface area contributed by atoms with Crippen LogP contribution in [0.2, 0.25) is 5.02 Å². The minimum absolute atomic E-state index is 0.0389. The molecule has 0 saturated carbocycles. The zero-order valence-corrected chi connectivity index (χ0v) is 10.7. The van der Waals surface area contributed by atoms with E-state index in [0.717, 1.165) is 6.20 Å². The zero-order valence-electron chi connectivity index (χ0n) is 9.95. The summed E-state index contributed by atoms with van der Waals surface area (Å²) in [7, 11) is 0. The number of rotatable bonds is 4. The Labute approximate surface area is 118 Å².